The van der Waals surface area contributed by atoms with Crippen LogP contribution < -0.4 is 11.1 Å². The van der Waals surface area contributed by atoms with Crippen molar-refractivity contribution in [3.63, 3.8) is 0 Å². The van der Waals surface area contributed by atoms with Crippen molar-refractivity contribution in [1.82, 2.24) is 5.32 Å². The van der Waals surface area contributed by atoms with Crippen molar-refractivity contribution in [2.75, 3.05) is 13.7 Å². The summed E-state index contributed by atoms with van der Waals surface area (Å²) in [6, 6.07) is 5.58. The highest BCUT2D eigenvalue weighted by Crippen LogP contribution is 2.34. The molecule has 3 N–H and O–H groups in total. The molecule has 0 aromatic heterocycles. The minimum Gasteiger partial charge on any atom is -0.377 e. The van der Waals surface area contributed by atoms with Crippen molar-refractivity contribution in [2.45, 2.75) is 38.3 Å². The fraction of sp³-hybridized carbons (Fsp3) is 0.533. The summed E-state index contributed by atoms with van der Waals surface area (Å²) in [6.07, 6.45) is 3.52. The van der Waals surface area contributed by atoms with E-state index in [1.165, 1.54) is 12.0 Å². The largest absolute Gasteiger partial charge is 0.377 e. The van der Waals surface area contributed by atoms with Gasteiger partial charge < -0.3 is 15.8 Å². The maximum Gasteiger partial charge on any atom is 0.248 e. The van der Waals surface area contributed by atoms with Crippen LogP contribution in [0.3, 0.4) is 0 Å². The Labute approximate surface area is 114 Å². The Balaban J connectivity index is 1.91. The van der Waals surface area contributed by atoms with E-state index in [9.17, 15) is 4.79 Å². The van der Waals surface area contributed by atoms with Gasteiger partial charge >= 0.3 is 0 Å². The first-order chi connectivity index (χ1) is 9.06. The van der Waals surface area contributed by atoms with Crippen molar-refractivity contribution < 1.29 is 9.53 Å². The van der Waals surface area contributed by atoms with Gasteiger partial charge in [0.25, 0.3) is 0 Å². The molecule has 0 atom stereocenters. The molecule has 1 aliphatic carbocycles. The van der Waals surface area contributed by atoms with Crippen molar-refractivity contribution in [3.8, 4) is 0 Å². The molecule has 0 saturated heterocycles. The Kier molecular flexibility index (Phi) is 4.22. The summed E-state index contributed by atoms with van der Waals surface area (Å²) >= 11 is 0. The number of rotatable bonds is 6. The van der Waals surface area contributed by atoms with E-state index >= 15 is 0 Å². The molecule has 0 unspecified atom stereocenters. The van der Waals surface area contributed by atoms with Crippen LogP contribution in [0.5, 0.6) is 0 Å². The van der Waals surface area contributed by atoms with Gasteiger partial charge in [-0.1, -0.05) is 6.07 Å². The number of hydrogen-bond acceptors (Lipinski definition) is 3. The molecule has 0 heterocycles. The number of carbonyl (C=O) groups excluding carboxylic acids is 1. The molecule has 1 aliphatic rings. The van der Waals surface area contributed by atoms with Crippen molar-refractivity contribution >= 4 is 5.91 Å². The highest BCUT2D eigenvalue weighted by atomic mass is 16.5. The summed E-state index contributed by atoms with van der Waals surface area (Å²) in [6.45, 7) is 3.66. The van der Waals surface area contributed by atoms with Crippen LogP contribution in [0.25, 0.3) is 0 Å². The summed E-state index contributed by atoms with van der Waals surface area (Å²) in [7, 11) is 1.79. The molecule has 2 rings (SSSR count). The Bertz CT molecular complexity index is 462. The van der Waals surface area contributed by atoms with E-state index in [1.54, 1.807) is 13.2 Å². The zero-order valence-electron chi connectivity index (χ0n) is 11.7. The number of nitrogens with two attached hydrogens (primary N) is 1. The molecule has 4 nitrogen and oxygen atoms in total. The number of ether oxygens (including phenoxy) is 1. The van der Waals surface area contributed by atoms with E-state index in [0.29, 0.717) is 5.56 Å². The maximum atomic E-state index is 11.1. The number of hydrogen-bond donors (Lipinski definition) is 2. The van der Waals surface area contributed by atoms with Crippen LogP contribution in [0.4, 0.5) is 0 Å². The molecule has 0 spiro atoms. The molecule has 1 saturated carbocycles. The SMILES string of the molecule is COC1(CNCc2ccc(C(N)=O)cc2C)CCC1. The van der Waals surface area contributed by atoms with Crippen LogP contribution in [0, 0.1) is 6.92 Å². The third-order valence-corrected chi connectivity index (χ3v) is 4.09. The lowest BCUT2D eigenvalue weighted by molar-refractivity contribution is -0.0695. The Morgan fingerprint density at radius 1 is 1.47 bits per heavy atom. The maximum absolute atomic E-state index is 11.1. The number of nitrogens with one attached hydrogen (secondary N) is 1. The van der Waals surface area contributed by atoms with Crippen LogP contribution in [0.2, 0.25) is 0 Å². The van der Waals surface area contributed by atoms with Crippen LogP contribution in [-0.2, 0) is 11.3 Å². The molecule has 19 heavy (non-hydrogen) atoms. The summed E-state index contributed by atoms with van der Waals surface area (Å²) < 4.78 is 5.57. The van der Waals surface area contributed by atoms with Gasteiger partial charge in [0.1, 0.15) is 0 Å². The van der Waals surface area contributed by atoms with E-state index < -0.39 is 0 Å². The van der Waals surface area contributed by atoms with E-state index in [0.717, 1.165) is 31.5 Å². The lowest BCUT2D eigenvalue weighted by Crippen LogP contribution is -2.47. The molecule has 1 aromatic rings. The second kappa shape index (κ2) is 5.72. The van der Waals surface area contributed by atoms with Gasteiger partial charge in [0, 0.05) is 25.8 Å². The van der Waals surface area contributed by atoms with Gasteiger partial charge in [-0.2, -0.15) is 0 Å². The van der Waals surface area contributed by atoms with E-state index in [1.807, 2.05) is 19.1 Å². The third kappa shape index (κ3) is 3.14. The number of primary amides is 1. The first kappa shape index (κ1) is 14.0. The Hall–Kier alpha value is -1.39. The van der Waals surface area contributed by atoms with Gasteiger partial charge in [-0.3, -0.25) is 4.79 Å². The smallest absolute Gasteiger partial charge is 0.248 e. The highest BCUT2D eigenvalue weighted by molar-refractivity contribution is 5.93. The fourth-order valence-corrected chi connectivity index (χ4v) is 2.50. The van der Waals surface area contributed by atoms with Gasteiger partial charge in [0.2, 0.25) is 5.91 Å². The summed E-state index contributed by atoms with van der Waals surface area (Å²) in [4.78, 5) is 11.1. The molecule has 104 valence electrons. The van der Waals surface area contributed by atoms with Crippen LogP contribution >= 0.6 is 0 Å². The second-order valence-electron chi connectivity index (χ2n) is 5.35. The van der Waals surface area contributed by atoms with Crippen molar-refractivity contribution in [1.29, 1.82) is 0 Å². The van der Waals surface area contributed by atoms with E-state index in [2.05, 4.69) is 5.32 Å². The molecule has 0 bridgehead atoms. The van der Waals surface area contributed by atoms with E-state index in [4.69, 9.17) is 10.5 Å². The Morgan fingerprint density at radius 3 is 2.68 bits per heavy atom. The molecular weight excluding hydrogens is 240 g/mol. The van der Waals surface area contributed by atoms with Gasteiger partial charge in [-0.25, -0.2) is 0 Å². The number of benzene rings is 1. The molecule has 1 aromatic carbocycles. The predicted molar refractivity (Wildman–Crippen MR) is 75.0 cm³/mol. The molecular formula is C15H22N2O2. The summed E-state index contributed by atoms with van der Waals surface area (Å²) in [5.74, 6) is -0.379. The lowest BCUT2D eigenvalue weighted by Gasteiger charge is -2.40. The highest BCUT2D eigenvalue weighted by Gasteiger charge is 2.36. The lowest BCUT2D eigenvalue weighted by atomic mass is 9.80. The van der Waals surface area contributed by atoms with Crippen LogP contribution in [0.15, 0.2) is 18.2 Å². The first-order valence-corrected chi connectivity index (χ1v) is 6.71. The van der Waals surface area contributed by atoms with Gasteiger partial charge in [-0.05, 0) is 49.4 Å². The number of carbonyl (C=O) groups is 1. The Morgan fingerprint density at radius 2 is 2.21 bits per heavy atom. The zero-order chi connectivity index (χ0) is 13.9. The molecule has 4 heteroatoms. The average Bonchev–Trinajstić information content (AvgIpc) is 2.34. The molecule has 0 radical (unpaired) electrons. The zero-order valence-corrected chi connectivity index (χ0v) is 11.7. The van der Waals surface area contributed by atoms with Crippen LogP contribution in [0.1, 0.15) is 40.7 Å². The van der Waals surface area contributed by atoms with Gasteiger partial charge in [0.05, 0.1) is 5.60 Å². The topological polar surface area (TPSA) is 64.3 Å². The number of aryl methyl sites for hydroxylation is 1. The quantitative estimate of drug-likeness (QED) is 0.821. The summed E-state index contributed by atoms with van der Waals surface area (Å²) in [5, 5.41) is 3.44. The third-order valence-electron chi connectivity index (χ3n) is 4.09. The fourth-order valence-electron chi connectivity index (χ4n) is 2.50. The summed E-state index contributed by atoms with van der Waals surface area (Å²) in [5.41, 5.74) is 8.15. The molecule has 0 aliphatic heterocycles. The number of methoxy groups -OCH3 is 1. The van der Waals surface area contributed by atoms with Crippen molar-refractivity contribution in [2.24, 2.45) is 5.73 Å². The second-order valence-corrected chi connectivity index (χ2v) is 5.35. The van der Waals surface area contributed by atoms with Crippen LogP contribution in [-0.4, -0.2) is 25.2 Å². The first-order valence-electron chi connectivity index (χ1n) is 6.71. The monoisotopic (exact) mass is 262 g/mol. The average molecular weight is 262 g/mol. The minimum atomic E-state index is -0.379. The minimum absolute atomic E-state index is 0.0427. The van der Waals surface area contributed by atoms with Gasteiger partial charge in [-0.15, -0.1) is 0 Å². The predicted octanol–water partition coefficient (Wildman–Crippen LogP) is 1.75. The van der Waals surface area contributed by atoms with E-state index in [-0.39, 0.29) is 11.5 Å². The molecule has 1 amide bonds. The van der Waals surface area contributed by atoms with Crippen molar-refractivity contribution in [3.05, 3.63) is 34.9 Å². The molecule has 1 fully saturated rings. The normalized spacial score (nSPS) is 16.9. The van der Waals surface area contributed by atoms with Gasteiger partial charge in [0.15, 0.2) is 0 Å². The standard InChI is InChI=1S/C15H22N2O2/c1-11-8-12(14(16)18)4-5-13(11)9-17-10-15(19-2)6-3-7-15/h4-5,8,17H,3,6-7,9-10H2,1-2H3,(H2,16,18). The number of amides is 1.